The van der Waals surface area contributed by atoms with Crippen LogP contribution >= 0.6 is 0 Å². The van der Waals surface area contributed by atoms with Crippen LogP contribution in [0.5, 0.6) is 0 Å². The summed E-state index contributed by atoms with van der Waals surface area (Å²) in [5.41, 5.74) is 0.955. The number of nitrogens with zero attached hydrogens (tertiary/aromatic N) is 1. The first kappa shape index (κ1) is 15.2. The van der Waals surface area contributed by atoms with Crippen molar-refractivity contribution in [2.45, 2.75) is 13.5 Å². The molecule has 0 atom stereocenters. The van der Waals surface area contributed by atoms with E-state index in [0.29, 0.717) is 13.2 Å². The average Bonchev–Trinajstić information content (AvgIpc) is 2.44. The Hall–Kier alpha value is -1.88. The zero-order valence-corrected chi connectivity index (χ0v) is 11.3. The van der Waals surface area contributed by atoms with Crippen molar-refractivity contribution in [1.29, 1.82) is 0 Å². The normalized spacial score (nSPS) is 10.0. The Morgan fingerprint density at radius 2 is 1.89 bits per heavy atom. The molecule has 1 aromatic rings. The van der Waals surface area contributed by atoms with Crippen molar-refractivity contribution in [1.82, 2.24) is 4.90 Å². The fourth-order valence-electron chi connectivity index (χ4n) is 1.54. The Kier molecular flexibility index (Phi) is 6.60. The summed E-state index contributed by atoms with van der Waals surface area (Å²) in [6, 6.07) is 9.48. The minimum absolute atomic E-state index is 0.0275. The van der Waals surface area contributed by atoms with Gasteiger partial charge in [-0.05, 0) is 12.5 Å². The van der Waals surface area contributed by atoms with Gasteiger partial charge in [0.2, 0.25) is 5.91 Å². The van der Waals surface area contributed by atoms with E-state index in [1.807, 2.05) is 37.3 Å². The smallest absolute Gasteiger partial charge is 0.325 e. The summed E-state index contributed by atoms with van der Waals surface area (Å²) in [4.78, 5) is 24.7. The van der Waals surface area contributed by atoms with Gasteiger partial charge in [-0.15, -0.1) is 0 Å². The second-order valence-corrected chi connectivity index (χ2v) is 3.95. The van der Waals surface area contributed by atoms with Crippen molar-refractivity contribution in [2.75, 3.05) is 26.9 Å². The molecule has 0 fully saturated rings. The molecular weight excluding hydrogens is 246 g/mol. The molecule has 0 aliphatic carbocycles. The summed E-state index contributed by atoms with van der Waals surface area (Å²) >= 11 is 0. The molecule has 0 aliphatic heterocycles. The van der Waals surface area contributed by atoms with Gasteiger partial charge >= 0.3 is 5.97 Å². The van der Waals surface area contributed by atoms with Gasteiger partial charge in [0.05, 0.1) is 7.11 Å². The zero-order valence-electron chi connectivity index (χ0n) is 11.3. The summed E-state index contributed by atoms with van der Waals surface area (Å²) in [6.45, 7) is 2.54. The molecule has 0 aromatic heterocycles. The number of ether oxygens (including phenoxy) is 2. The van der Waals surface area contributed by atoms with Crippen molar-refractivity contribution in [3.05, 3.63) is 35.9 Å². The number of methoxy groups -OCH3 is 1. The average molecular weight is 265 g/mol. The van der Waals surface area contributed by atoms with Gasteiger partial charge in [0.15, 0.2) is 0 Å². The van der Waals surface area contributed by atoms with Crippen molar-refractivity contribution >= 4 is 11.9 Å². The van der Waals surface area contributed by atoms with E-state index in [9.17, 15) is 9.59 Å². The number of hydrogen-bond donors (Lipinski definition) is 0. The summed E-state index contributed by atoms with van der Waals surface area (Å²) in [6.07, 6.45) is 0. The van der Waals surface area contributed by atoms with Crippen LogP contribution in [0.25, 0.3) is 0 Å². The predicted molar refractivity (Wildman–Crippen MR) is 70.4 cm³/mol. The minimum atomic E-state index is -0.444. The van der Waals surface area contributed by atoms with Gasteiger partial charge in [-0.3, -0.25) is 9.59 Å². The van der Waals surface area contributed by atoms with Crippen molar-refractivity contribution in [3.63, 3.8) is 0 Å². The first-order valence-electron chi connectivity index (χ1n) is 6.13. The van der Waals surface area contributed by atoms with Gasteiger partial charge < -0.3 is 14.4 Å². The van der Waals surface area contributed by atoms with Crippen LogP contribution < -0.4 is 0 Å². The zero-order chi connectivity index (χ0) is 14.1. The molecule has 0 N–H and O–H groups in total. The first-order chi connectivity index (χ1) is 9.17. The maximum absolute atomic E-state index is 12.0. The molecule has 0 bridgehead atoms. The fourth-order valence-corrected chi connectivity index (χ4v) is 1.54. The highest BCUT2D eigenvalue weighted by Gasteiger charge is 2.17. The molecular formula is C14H19NO4. The molecule has 5 nitrogen and oxygen atoms in total. The molecule has 0 saturated heterocycles. The van der Waals surface area contributed by atoms with Crippen LogP contribution in [0.2, 0.25) is 0 Å². The van der Waals surface area contributed by atoms with Crippen molar-refractivity contribution < 1.29 is 19.1 Å². The van der Waals surface area contributed by atoms with E-state index in [0.717, 1.165) is 5.56 Å². The molecule has 1 amide bonds. The van der Waals surface area contributed by atoms with Gasteiger partial charge in [-0.2, -0.15) is 0 Å². The third kappa shape index (κ3) is 5.52. The molecule has 0 unspecified atom stereocenters. The molecule has 0 saturated carbocycles. The van der Waals surface area contributed by atoms with Gasteiger partial charge in [-0.1, -0.05) is 30.3 Å². The second-order valence-electron chi connectivity index (χ2n) is 3.95. The molecule has 1 aromatic carbocycles. The third-order valence-electron chi connectivity index (χ3n) is 2.55. The third-order valence-corrected chi connectivity index (χ3v) is 2.55. The molecule has 0 heterocycles. The van der Waals surface area contributed by atoms with Crippen LogP contribution in [0.4, 0.5) is 0 Å². The lowest BCUT2D eigenvalue weighted by Crippen LogP contribution is -2.38. The number of rotatable bonds is 7. The van der Waals surface area contributed by atoms with Crippen LogP contribution in [-0.2, 0) is 25.6 Å². The topological polar surface area (TPSA) is 55.8 Å². The molecule has 104 valence electrons. The number of carbonyl (C=O) groups excluding carboxylic acids is 2. The Balaban J connectivity index is 2.68. The number of amides is 1. The van der Waals surface area contributed by atoms with E-state index in [4.69, 9.17) is 4.74 Å². The van der Waals surface area contributed by atoms with Gasteiger partial charge in [0, 0.05) is 13.2 Å². The van der Waals surface area contributed by atoms with E-state index >= 15 is 0 Å². The predicted octanol–water partition coefficient (Wildman–Crippen LogP) is 1.22. The first-order valence-corrected chi connectivity index (χ1v) is 6.13. The Morgan fingerprint density at radius 3 is 2.47 bits per heavy atom. The lowest BCUT2D eigenvalue weighted by molar-refractivity contribution is -0.149. The van der Waals surface area contributed by atoms with E-state index in [-0.39, 0.29) is 19.1 Å². The molecule has 5 heteroatoms. The quantitative estimate of drug-likeness (QED) is 0.696. The van der Waals surface area contributed by atoms with E-state index < -0.39 is 5.97 Å². The SMILES string of the molecule is CCOCC(=O)N(CC(=O)OC)Cc1ccccc1. The van der Waals surface area contributed by atoms with E-state index in [1.165, 1.54) is 12.0 Å². The number of esters is 1. The van der Waals surface area contributed by atoms with Crippen LogP contribution in [0, 0.1) is 0 Å². The second kappa shape index (κ2) is 8.26. The number of carbonyl (C=O) groups is 2. The van der Waals surface area contributed by atoms with E-state index in [1.54, 1.807) is 0 Å². The van der Waals surface area contributed by atoms with Crippen LogP contribution in [0.15, 0.2) is 30.3 Å². The number of benzene rings is 1. The summed E-state index contributed by atoms with van der Waals surface area (Å²) in [5.74, 6) is -0.670. The van der Waals surface area contributed by atoms with E-state index in [2.05, 4.69) is 4.74 Å². The summed E-state index contributed by atoms with van der Waals surface area (Å²) in [5, 5.41) is 0. The Labute approximate surface area is 113 Å². The highest BCUT2D eigenvalue weighted by Crippen LogP contribution is 2.05. The summed E-state index contributed by atoms with van der Waals surface area (Å²) < 4.78 is 9.69. The maximum atomic E-state index is 12.0. The standard InChI is InChI=1S/C14H19NO4/c1-3-19-11-13(16)15(10-14(17)18-2)9-12-7-5-4-6-8-12/h4-8H,3,9-11H2,1-2H3. The lowest BCUT2D eigenvalue weighted by Gasteiger charge is -2.21. The fraction of sp³-hybridized carbons (Fsp3) is 0.429. The van der Waals surface area contributed by atoms with Crippen molar-refractivity contribution in [3.8, 4) is 0 Å². The van der Waals surface area contributed by atoms with Crippen LogP contribution in [0.1, 0.15) is 12.5 Å². The van der Waals surface area contributed by atoms with Gasteiger partial charge in [0.1, 0.15) is 13.2 Å². The van der Waals surface area contributed by atoms with Gasteiger partial charge in [-0.25, -0.2) is 0 Å². The molecule has 19 heavy (non-hydrogen) atoms. The minimum Gasteiger partial charge on any atom is -0.468 e. The molecule has 0 spiro atoms. The Morgan fingerprint density at radius 1 is 1.21 bits per heavy atom. The highest BCUT2D eigenvalue weighted by atomic mass is 16.5. The molecule has 0 radical (unpaired) electrons. The monoisotopic (exact) mass is 265 g/mol. The number of hydrogen-bond acceptors (Lipinski definition) is 4. The highest BCUT2D eigenvalue weighted by molar-refractivity contribution is 5.82. The summed E-state index contributed by atoms with van der Waals surface area (Å²) in [7, 11) is 1.30. The maximum Gasteiger partial charge on any atom is 0.325 e. The molecule has 0 aliphatic rings. The lowest BCUT2D eigenvalue weighted by atomic mass is 10.2. The molecule has 1 rings (SSSR count). The Bertz CT molecular complexity index is 405. The largest absolute Gasteiger partial charge is 0.468 e. The van der Waals surface area contributed by atoms with Crippen LogP contribution in [0.3, 0.4) is 0 Å². The van der Waals surface area contributed by atoms with Crippen LogP contribution in [-0.4, -0.2) is 43.6 Å². The van der Waals surface area contributed by atoms with Gasteiger partial charge in [0.25, 0.3) is 0 Å². The van der Waals surface area contributed by atoms with Crippen molar-refractivity contribution in [2.24, 2.45) is 0 Å².